The van der Waals surface area contributed by atoms with Crippen molar-refractivity contribution in [3.8, 4) is 17.2 Å². The van der Waals surface area contributed by atoms with Gasteiger partial charge in [-0.25, -0.2) is 0 Å². The summed E-state index contributed by atoms with van der Waals surface area (Å²) in [4.78, 5) is 13.2. The average Bonchev–Trinajstić information content (AvgIpc) is 3.13. The molecule has 50 heavy (non-hydrogen) atoms. The highest BCUT2D eigenvalue weighted by Gasteiger charge is 2.30. The number of benzene rings is 5. The molecule has 5 aromatic rings. The smallest absolute Gasteiger partial charge is 0.339 e. The van der Waals surface area contributed by atoms with Crippen molar-refractivity contribution in [2.75, 3.05) is 7.11 Å². The van der Waals surface area contributed by atoms with Crippen LogP contribution < -0.4 is 13.7 Å². The molecule has 0 aliphatic carbocycles. The molecule has 0 amide bonds. The summed E-state index contributed by atoms with van der Waals surface area (Å²) in [6, 6.07) is 38.8. The molecule has 1 aliphatic rings. The molecule has 0 spiro atoms. The van der Waals surface area contributed by atoms with Crippen molar-refractivity contribution in [3.05, 3.63) is 167 Å². The van der Waals surface area contributed by atoms with Crippen molar-refractivity contribution in [1.29, 1.82) is 0 Å². The van der Waals surface area contributed by atoms with Crippen LogP contribution in [0.15, 0.2) is 144 Å². The topological polar surface area (TPSA) is 97.4 Å². The minimum absolute atomic E-state index is 0.0231. The van der Waals surface area contributed by atoms with E-state index in [1.807, 2.05) is 91.9 Å². The van der Waals surface area contributed by atoms with E-state index < -0.39 is 22.3 Å². The van der Waals surface area contributed by atoms with Crippen molar-refractivity contribution in [2.45, 2.75) is 50.1 Å². The van der Waals surface area contributed by atoms with E-state index >= 15 is 0 Å². The highest BCUT2D eigenvalue weighted by molar-refractivity contribution is 7.87. The summed E-state index contributed by atoms with van der Waals surface area (Å²) in [5, 5.41) is 0. The first-order valence-corrected chi connectivity index (χ1v) is 17.7. The highest BCUT2D eigenvalue weighted by Crippen LogP contribution is 2.37. The molecule has 0 bridgehead atoms. The van der Waals surface area contributed by atoms with E-state index in [-0.39, 0.29) is 28.6 Å². The summed E-state index contributed by atoms with van der Waals surface area (Å²) in [6.07, 6.45) is 0.822. The van der Waals surface area contributed by atoms with Gasteiger partial charge in [-0.3, -0.25) is 4.79 Å². The summed E-state index contributed by atoms with van der Waals surface area (Å²) >= 11 is 0. The summed E-state index contributed by atoms with van der Waals surface area (Å²) < 4.78 is 55.8. The average molecular weight is 691 g/mol. The predicted molar refractivity (Wildman–Crippen MR) is 189 cm³/mol. The number of hydrogen-bond donors (Lipinski definition) is 0. The Labute approximate surface area is 293 Å². The largest absolute Gasteiger partial charge is 0.493 e. The van der Waals surface area contributed by atoms with Gasteiger partial charge in [0.2, 0.25) is 0 Å². The summed E-state index contributed by atoms with van der Waals surface area (Å²) in [5.41, 5.74) is 4.60. The zero-order chi connectivity index (χ0) is 34.9. The fourth-order valence-electron chi connectivity index (χ4n) is 5.51. The van der Waals surface area contributed by atoms with E-state index in [0.717, 1.165) is 28.0 Å². The van der Waals surface area contributed by atoms with Gasteiger partial charge in [-0.05, 0) is 65.6 Å². The van der Waals surface area contributed by atoms with Crippen LogP contribution in [-0.4, -0.2) is 27.4 Å². The standard InChI is InChI=1S/C41H38O8S/c1-29-13-20-36(21-14-29)50(43,44)49-37-22-17-33(24-39(37)45-2)38-25-34(42)26-41(48-38)40(47-28-32-11-7-4-8-12-32)23-30-15-18-35(19-16-30)46-27-31-9-5-3-6-10-31/h3-22,24,26,38,40H,23,25,27-28H2,1-2H3/t38-,40+/m1/s1. The van der Waals surface area contributed by atoms with Gasteiger partial charge in [-0.1, -0.05) is 96.6 Å². The van der Waals surface area contributed by atoms with Gasteiger partial charge in [-0.15, -0.1) is 0 Å². The third-order valence-corrected chi connectivity index (χ3v) is 9.49. The van der Waals surface area contributed by atoms with Gasteiger partial charge in [0, 0.05) is 12.5 Å². The van der Waals surface area contributed by atoms with Crippen LogP contribution >= 0.6 is 0 Å². The minimum Gasteiger partial charge on any atom is -0.493 e. The van der Waals surface area contributed by atoms with Gasteiger partial charge < -0.3 is 23.1 Å². The van der Waals surface area contributed by atoms with E-state index in [2.05, 4.69) is 0 Å². The number of allylic oxidation sites excluding steroid dienone is 1. The van der Waals surface area contributed by atoms with Crippen LogP contribution in [0.25, 0.3) is 0 Å². The first-order chi connectivity index (χ1) is 24.3. The van der Waals surface area contributed by atoms with Gasteiger partial charge in [0.1, 0.15) is 35.2 Å². The molecule has 0 N–H and O–H groups in total. The van der Waals surface area contributed by atoms with Crippen LogP contribution in [0.2, 0.25) is 0 Å². The Morgan fingerprint density at radius 1 is 0.760 bits per heavy atom. The number of methoxy groups -OCH3 is 1. The molecule has 0 fully saturated rings. The van der Waals surface area contributed by atoms with Crippen LogP contribution in [0.3, 0.4) is 0 Å². The second-order valence-corrected chi connectivity index (χ2v) is 13.5. The third kappa shape index (κ3) is 8.99. The lowest BCUT2D eigenvalue weighted by Gasteiger charge is -2.29. The number of carbonyl (C=O) groups is 1. The molecular weight excluding hydrogens is 653 g/mol. The first kappa shape index (κ1) is 34.5. The van der Waals surface area contributed by atoms with Crippen molar-refractivity contribution in [3.63, 3.8) is 0 Å². The number of rotatable bonds is 14. The van der Waals surface area contributed by atoms with Crippen LogP contribution in [0.5, 0.6) is 17.2 Å². The summed E-state index contributed by atoms with van der Waals surface area (Å²) in [6.45, 7) is 2.66. The number of aryl methyl sites for hydroxylation is 1. The highest BCUT2D eigenvalue weighted by atomic mass is 32.2. The molecule has 1 heterocycles. The Morgan fingerprint density at radius 3 is 2.08 bits per heavy atom. The monoisotopic (exact) mass is 690 g/mol. The molecule has 1 aliphatic heterocycles. The number of ketones is 1. The first-order valence-electron chi connectivity index (χ1n) is 16.3. The van der Waals surface area contributed by atoms with Gasteiger partial charge in [0.15, 0.2) is 17.3 Å². The predicted octanol–water partition coefficient (Wildman–Crippen LogP) is 8.09. The molecule has 0 saturated heterocycles. The lowest BCUT2D eigenvalue weighted by atomic mass is 9.98. The summed E-state index contributed by atoms with van der Waals surface area (Å²) in [5.74, 6) is 1.26. The number of hydrogen-bond acceptors (Lipinski definition) is 8. The van der Waals surface area contributed by atoms with Crippen molar-refractivity contribution in [2.24, 2.45) is 0 Å². The Kier molecular flexibility index (Phi) is 11.0. The fraction of sp³-hybridized carbons (Fsp3) is 0.195. The molecule has 256 valence electrons. The van der Waals surface area contributed by atoms with Crippen molar-refractivity contribution in [1.82, 2.24) is 0 Å². The summed E-state index contributed by atoms with van der Waals surface area (Å²) in [7, 11) is -2.68. The van der Waals surface area contributed by atoms with Gasteiger partial charge in [-0.2, -0.15) is 8.42 Å². The molecule has 0 radical (unpaired) electrons. The Bertz CT molecular complexity index is 2020. The molecule has 0 saturated carbocycles. The van der Waals surface area contributed by atoms with E-state index in [0.29, 0.717) is 31.0 Å². The van der Waals surface area contributed by atoms with Crippen molar-refractivity contribution < 1.29 is 36.3 Å². The molecule has 0 aromatic heterocycles. The van der Waals surface area contributed by atoms with E-state index in [1.165, 1.54) is 31.4 Å². The number of ether oxygens (including phenoxy) is 4. The van der Waals surface area contributed by atoms with Crippen molar-refractivity contribution >= 4 is 15.9 Å². The van der Waals surface area contributed by atoms with Gasteiger partial charge >= 0.3 is 10.1 Å². The quantitative estimate of drug-likeness (QED) is 0.108. The third-order valence-electron chi connectivity index (χ3n) is 8.24. The van der Waals surface area contributed by atoms with Crippen LogP contribution in [0, 0.1) is 6.92 Å². The molecule has 6 rings (SSSR count). The number of carbonyl (C=O) groups excluding carboxylic acids is 1. The maximum absolute atomic E-state index is 13.1. The Balaban J connectivity index is 1.19. The molecule has 2 atom stereocenters. The zero-order valence-corrected chi connectivity index (χ0v) is 28.7. The molecule has 9 heteroatoms. The maximum Gasteiger partial charge on any atom is 0.339 e. The molecular formula is C41H38O8S. The maximum atomic E-state index is 13.1. The van der Waals surface area contributed by atoms with E-state index in [4.69, 9.17) is 23.1 Å². The van der Waals surface area contributed by atoms with Crippen LogP contribution in [-0.2, 0) is 44.0 Å². The normalized spacial score (nSPS) is 15.0. The minimum atomic E-state index is -4.11. The van der Waals surface area contributed by atoms with E-state index in [1.54, 1.807) is 24.3 Å². The SMILES string of the molecule is COc1cc([C@H]2CC(=O)C=C([C@H](Cc3ccc(OCc4ccccc4)cc3)OCc3ccccc3)O2)ccc1OS(=O)(=O)c1ccc(C)cc1. The van der Waals surface area contributed by atoms with Gasteiger partial charge in [0.05, 0.1) is 20.1 Å². The van der Waals surface area contributed by atoms with Crippen LogP contribution in [0.4, 0.5) is 0 Å². The molecule has 8 nitrogen and oxygen atoms in total. The van der Waals surface area contributed by atoms with Gasteiger partial charge in [0.25, 0.3) is 0 Å². The Hall–Kier alpha value is -5.38. The lowest BCUT2D eigenvalue weighted by molar-refractivity contribution is -0.120. The molecule has 5 aromatic carbocycles. The second kappa shape index (κ2) is 15.9. The molecule has 0 unspecified atom stereocenters. The second-order valence-electron chi connectivity index (χ2n) is 12.0. The Morgan fingerprint density at radius 2 is 1.42 bits per heavy atom. The van der Waals surface area contributed by atoms with Crippen LogP contribution in [0.1, 0.15) is 40.3 Å². The van der Waals surface area contributed by atoms with E-state index in [9.17, 15) is 13.2 Å². The zero-order valence-electron chi connectivity index (χ0n) is 27.9. The lowest BCUT2D eigenvalue weighted by Crippen LogP contribution is -2.27. The fourth-order valence-corrected chi connectivity index (χ4v) is 6.45.